The quantitative estimate of drug-likeness (QED) is 0.366. The standard InChI is InChI=1S/C29H29NO2/c1-18-16-22(20(3)30-25-13-9-8-12-24(25)29(4)14-15-29)28-23(17-18)26(31)19(2)27(32-28)21-10-6-5-7-11-21/h5-13,16-17,20,30H,14-15H2,1-4H3. The Morgan fingerprint density at radius 3 is 2.38 bits per heavy atom. The maximum Gasteiger partial charge on any atom is 0.196 e. The van der Waals surface area contributed by atoms with Crippen LogP contribution in [0.4, 0.5) is 5.69 Å². The van der Waals surface area contributed by atoms with Crippen LogP contribution in [0, 0.1) is 13.8 Å². The topological polar surface area (TPSA) is 42.2 Å². The molecule has 3 aromatic carbocycles. The van der Waals surface area contributed by atoms with Crippen molar-refractivity contribution < 1.29 is 4.42 Å². The largest absolute Gasteiger partial charge is 0.455 e. The van der Waals surface area contributed by atoms with Crippen molar-refractivity contribution >= 4 is 16.7 Å². The maximum atomic E-state index is 13.3. The zero-order valence-corrected chi connectivity index (χ0v) is 19.2. The lowest BCUT2D eigenvalue weighted by Gasteiger charge is -2.22. The Bertz CT molecular complexity index is 1360. The lowest BCUT2D eigenvalue weighted by molar-refractivity contribution is 0.605. The monoisotopic (exact) mass is 423 g/mol. The number of hydrogen-bond donors (Lipinski definition) is 1. The molecule has 1 unspecified atom stereocenters. The first-order valence-electron chi connectivity index (χ1n) is 11.4. The Morgan fingerprint density at radius 2 is 1.66 bits per heavy atom. The second-order valence-electron chi connectivity index (χ2n) is 9.45. The van der Waals surface area contributed by atoms with Crippen LogP contribution in [-0.4, -0.2) is 0 Å². The Balaban J connectivity index is 1.64. The van der Waals surface area contributed by atoms with Gasteiger partial charge in [0.1, 0.15) is 11.3 Å². The van der Waals surface area contributed by atoms with Crippen molar-refractivity contribution in [2.45, 2.75) is 52.0 Å². The molecule has 1 atom stereocenters. The molecule has 1 aromatic heterocycles. The second-order valence-corrected chi connectivity index (χ2v) is 9.45. The van der Waals surface area contributed by atoms with Crippen LogP contribution in [-0.2, 0) is 5.41 Å². The third-order valence-electron chi connectivity index (χ3n) is 6.84. The van der Waals surface area contributed by atoms with Crippen molar-refractivity contribution in [1.82, 2.24) is 0 Å². The molecular weight excluding hydrogens is 394 g/mol. The first kappa shape index (κ1) is 20.6. The summed E-state index contributed by atoms with van der Waals surface area (Å²) >= 11 is 0. The molecule has 1 saturated carbocycles. The number of para-hydroxylation sites is 1. The van der Waals surface area contributed by atoms with Crippen molar-refractivity contribution in [3.8, 4) is 11.3 Å². The van der Waals surface area contributed by atoms with Crippen molar-refractivity contribution in [2.75, 3.05) is 5.32 Å². The highest BCUT2D eigenvalue weighted by atomic mass is 16.3. The minimum Gasteiger partial charge on any atom is -0.455 e. The normalized spacial score (nSPS) is 15.5. The lowest BCUT2D eigenvalue weighted by atomic mass is 9.95. The van der Waals surface area contributed by atoms with Gasteiger partial charge in [0.05, 0.1) is 11.4 Å². The molecule has 32 heavy (non-hydrogen) atoms. The van der Waals surface area contributed by atoms with E-state index in [9.17, 15) is 4.79 Å². The summed E-state index contributed by atoms with van der Waals surface area (Å²) in [6.07, 6.45) is 2.45. The van der Waals surface area contributed by atoms with Gasteiger partial charge in [0.2, 0.25) is 0 Å². The van der Waals surface area contributed by atoms with Gasteiger partial charge in [-0.25, -0.2) is 0 Å². The van der Waals surface area contributed by atoms with Crippen LogP contribution in [0.25, 0.3) is 22.3 Å². The number of benzene rings is 3. The molecule has 0 radical (unpaired) electrons. The van der Waals surface area contributed by atoms with E-state index in [1.54, 1.807) is 0 Å². The van der Waals surface area contributed by atoms with Crippen molar-refractivity contribution in [3.63, 3.8) is 0 Å². The summed E-state index contributed by atoms with van der Waals surface area (Å²) in [5.74, 6) is 0.645. The predicted octanol–water partition coefficient (Wildman–Crippen LogP) is 7.30. The smallest absolute Gasteiger partial charge is 0.196 e. The minimum atomic E-state index is -0.0182. The van der Waals surface area contributed by atoms with Crippen molar-refractivity contribution in [1.29, 1.82) is 0 Å². The summed E-state index contributed by atoms with van der Waals surface area (Å²) in [6.45, 7) is 8.36. The van der Waals surface area contributed by atoms with Crippen LogP contribution < -0.4 is 10.7 Å². The van der Waals surface area contributed by atoms with Gasteiger partial charge >= 0.3 is 0 Å². The van der Waals surface area contributed by atoms with E-state index in [-0.39, 0.29) is 16.9 Å². The highest BCUT2D eigenvalue weighted by Crippen LogP contribution is 2.50. The van der Waals surface area contributed by atoms with Gasteiger partial charge in [-0.1, -0.05) is 61.5 Å². The molecule has 0 amide bonds. The molecule has 5 rings (SSSR count). The molecule has 3 nitrogen and oxygen atoms in total. The van der Waals surface area contributed by atoms with E-state index in [1.807, 2.05) is 50.2 Å². The van der Waals surface area contributed by atoms with Crippen LogP contribution in [0.5, 0.6) is 0 Å². The van der Waals surface area contributed by atoms with E-state index in [2.05, 4.69) is 49.5 Å². The Kier molecular flexibility index (Phi) is 4.93. The fourth-order valence-corrected chi connectivity index (χ4v) is 4.66. The summed E-state index contributed by atoms with van der Waals surface area (Å²) in [5, 5.41) is 4.37. The SMILES string of the molecule is Cc1cc(C(C)Nc2ccccc2C2(C)CC2)c2oc(-c3ccccc3)c(C)c(=O)c2c1. The Hall–Kier alpha value is -3.33. The van der Waals surface area contributed by atoms with Gasteiger partial charge in [0.25, 0.3) is 0 Å². The summed E-state index contributed by atoms with van der Waals surface area (Å²) in [7, 11) is 0. The molecule has 1 heterocycles. The molecule has 4 aromatic rings. The van der Waals surface area contributed by atoms with E-state index >= 15 is 0 Å². The summed E-state index contributed by atoms with van der Waals surface area (Å²) in [5.41, 5.74) is 7.12. The van der Waals surface area contributed by atoms with Gasteiger partial charge in [-0.15, -0.1) is 0 Å². The summed E-state index contributed by atoms with van der Waals surface area (Å²) in [6, 6.07) is 22.5. The summed E-state index contributed by atoms with van der Waals surface area (Å²) < 4.78 is 6.47. The first-order chi connectivity index (χ1) is 15.4. The molecule has 1 aliphatic carbocycles. The highest BCUT2D eigenvalue weighted by Gasteiger charge is 2.40. The van der Waals surface area contributed by atoms with Gasteiger partial charge in [0.15, 0.2) is 5.43 Å². The predicted molar refractivity (Wildman–Crippen MR) is 132 cm³/mol. The minimum absolute atomic E-state index is 0.0182. The van der Waals surface area contributed by atoms with Gasteiger partial charge in [-0.2, -0.15) is 0 Å². The number of aryl methyl sites for hydroxylation is 1. The zero-order chi connectivity index (χ0) is 22.5. The molecule has 162 valence electrons. The number of rotatable bonds is 5. The first-order valence-corrected chi connectivity index (χ1v) is 11.4. The van der Waals surface area contributed by atoms with Crippen LogP contribution >= 0.6 is 0 Å². The van der Waals surface area contributed by atoms with Gasteiger partial charge in [0, 0.05) is 22.4 Å². The Labute approximate surface area is 189 Å². The van der Waals surface area contributed by atoms with Gasteiger partial charge in [-0.05, 0) is 62.3 Å². The maximum absolute atomic E-state index is 13.3. The number of anilines is 1. The molecule has 0 aliphatic heterocycles. The van der Waals surface area contributed by atoms with E-state index in [4.69, 9.17) is 4.42 Å². The van der Waals surface area contributed by atoms with E-state index < -0.39 is 0 Å². The number of hydrogen-bond acceptors (Lipinski definition) is 3. The fourth-order valence-electron chi connectivity index (χ4n) is 4.66. The van der Waals surface area contributed by atoms with E-state index in [0.29, 0.717) is 22.3 Å². The highest BCUT2D eigenvalue weighted by molar-refractivity contribution is 5.84. The van der Waals surface area contributed by atoms with Crippen LogP contribution in [0.1, 0.15) is 55.0 Å². The molecule has 0 bridgehead atoms. The molecule has 1 N–H and O–H groups in total. The molecule has 0 spiro atoms. The third kappa shape index (κ3) is 3.52. The van der Waals surface area contributed by atoms with Gasteiger partial charge in [-0.3, -0.25) is 4.79 Å². The number of nitrogens with one attached hydrogen (secondary N) is 1. The van der Waals surface area contributed by atoms with Crippen LogP contribution in [0.15, 0.2) is 75.9 Å². The van der Waals surface area contributed by atoms with Crippen LogP contribution in [0.2, 0.25) is 0 Å². The molecule has 1 aliphatic rings. The average molecular weight is 424 g/mol. The molecular formula is C29H29NO2. The lowest BCUT2D eigenvalue weighted by Crippen LogP contribution is -2.14. The zero-order valence-electron chi connectivity index (χ0n) is 19.2. The number of fused-ring (bicyclic) bond motifs is 1. The van der Waals surface area contributed by atoms with Gasteiger partial charge < -0.3 is 9.73 Å². The molecule has 0 saturated heterocycles. The molecule has 3 heteroatoms. The Morgan fingerprint density at radius 1 is 0.969 bits per heavy atom. The van der Waals surface area contributed by atoms with E-state index in [1.165, 1.54) is 18.4 Å². The third-order valence-corrected chi connectivity index (χ3v) is 6.84. The average Bonchev–Trinajstić information content (AvgIpc) is 3.55. The second kappa shape index (κ2) is 7.67. The van der Waals surface area contributed by atoms with Crippen LogP contribution in [0.3, 0.4) is 0 Å². The fraction of sp³-hybridized carbons (Fsp3) is 0.276. The molecule has 1 fully saturated rings. The van der Waals surface area contributed by atoms with E-state index in [0.717, 1.165) is 22.4 Å². The van der Waals surface area contributed by atoms with Crippen molar-refractivity contribution in [3.05, 3.63) is 99.2 Å². The van der Waals surface area contributed by atoms with Crippen molar-refractivity contribution in [2.24, 2.45) is 0 Å². The summed E-state index contributed by atoms with van der Waals surface area (Å²) in [4.78, 5) is 13.3.